The van der Waals surface area contributed by atoms with E-state index in [9.17, 15) is 14.4 Å². The Kier molecular flexibility index (Phi) is 5.33. The number of ether oxygens (including phenoxy) is 2. The molecule has 6 heteroatoms. The number of rotatable bonds is 3. The summed E-state index contributed by atoms with van der Waals surface area (Å²) in [6.07, 6.45) is 0.678. The first kappa shape index (κ1) is 17.0. The van der Waals surface area contributed by atoms with E-state index in [1.807, 2.05) is 0 Å². The third-order valence-electron chi connectivity index (χ3n) is 2.79. The molecule has 0 bridgehead atoms. The highest BCUT2D eigenvalue weighted by atomic mass is 16.6. The third kappa shape index (κ3) is 4.20. The van der Waals surface area contributed by atoms with Crippen molar-refractivity contribution in [2.75, 3.05) is 6.61 Å². The van der Waals surface area contributed by atoms with E-state index in [1.54, 1.807) is 40.6 Å². The number of carbonyl (C=O) groups excluding carboxylic acids is 3. The highest BCUT2D eigenvalue weighted by Crippen LogP contribution is 2.27. The molecule has 1 rings (SSSR count). The fourth-order valence-corrected chi connectivity index (χ4v) is 2.01. The summed E-state index contributed by atoms with van der Waals surface area (Å²) >= 11 is 0. The molecule has 0 aliphatic carbocycles. The number of hydrogen-bond acceptors (Lipinski definition) is 5. The van der Waals surface area contributed by atoms with Crippen molar-refractivity contribution in [3.8, 4) is 0 Å². The van der Waals surface area contributed by atoms with E-state index in [2.05, 4.69) is 0 Å². The van der Waals surface area contributed by atoms with Gasteiger partial charge in [-0.1, -0.05) is 0 Å². The lowest BCUT2D eigenvalue weighted by Crippen LogP contribution is -2.49. The van der Waals surface area contributed by atoms with Crippen LogP contribution in [0.25, 0.3) is 0 Å². The molecule has 1 heterocycles. The fraction of sp³-hybridized carbons (Fsp3) is 0.600. The van der Waals surface area contributed by atoms with Crippen molar-refractivity contribution in [2.45, 2.75) is 52.7 Å². The number of carbonyl (C=O) groups is 2. The van der Waals surface area contributed by atoms with Crippen LogP contribution in [0.3, 0.4) is 0 Å². The molecule has 0 aromatic carbocycles. The Morgan fingerprint density at radius 2 is 2.10 bits per heavy atom. The Morgan fingerprint density at radius 1 is 1.48 bits per heavy atom. The van der Waals surface area contributed by atoms with Crippen molar-refractivity contribution in [1.82, 2.24) is 4.90 Å². The van der Waals surface area contributed by atoms with E-state index in [0.717, 1.165) is 11.0 Å². The van der Waals surface area contributed by atoms with E-state index in [0.29, 0.717) is 18.6 Å². The zero-order chi connectivity index (χ0) is 16.2. The maximum Gasteiger partial charge on any atom is 0.418 e. The Morgan fingerprint density at radius 3 is 2.57 bits per heavy atom. The molecule has 1 aliphatic rings. The average molecular weight is 295 g/mol. The van der Waals surface area contributed by atoms with Gasteiger partial charge in [-0.25, -0.2) is 14.5 Å². The summed E-state index contributed by atoms with van der Waals surface area (Å²) in [6.45, 7) is 8.91. The Balaban J connectivity index is 3.15. The van der Waals surface area contributed by atoms with E-state index in [-0.39, 0.29) is 5.76 Å². The molecule has 0 aromatic heterocycles. The van der Waals surface area contributed by atoms with Gasteiger partial charge in [0.25, 0.3) is 5.91 Å². The predicted molar refractivity (Wildman–Crippen MR) is 76.1 cm³/mol. The molecule has 0 radical (unpaired) electrons. The molecule has 0 N–H and O–H groups in total. The lowest BCUT2D eigenvalue weighted by Gasteiger charge is -2.34. The lowest BCUT2D eigenvalue weighted by molar-refractivity contribution is -0.132. The minimum absolute atomic E-state index is 0.138. The topological polar surface area (TPSA) is 72.9 Å². The van der Waals surface area contributed by atoms with Gasteiger partial charge >= 0.3 is 6.09 Å². The highest BCUT2D eigenvalue weighted by molar-refractivity contribution is 6.03. The molecule has 2 amide bonds. The molecule has 0 saturated carbocycles. The maximum atomic E-state index is 12.4. The largest absolute Gasteiger partial charge is 0.488 e. The summed E-state index contributed by atoms with van der Waals surface area (Å²) in [6, 6.07) is -0.700. The fourth-order valence-electron chi connectivity index (χ4n) is 2.01. The zero-order valence-electron chi connectivity index (χ0n) is 13.1. The second kappa shape index (κ2) is 6.59. The molecule has 1 atom stereocenters. The van der Waals surface area contributed by atoms with Crippen molar-refractivity contribution >= 4 is 17.9 Å². The minimum Gasteiger partial charge on any atom is -0.488 e. The van der Waals surface area contributed by atoms with Crippen LogP contribution in [-0.2, 0) is 19.1 Å². The van der Waals surface area contributed by atoms with Crippen molar-refractivity contribution in [2.24, 2.45) is 0 Å². The van der Waals surface area contributed by atoms with Crippen molar-refractivity contribution in [1.29, 1.82) is 0 Å². The van der Waals surface area contributed by atoms with Gasteiger partial charge in [-0.2, -0.15) is 0 Å². The van der Waals surface area contributed by atoms with E-state index >= 15 is 0 Å². The molecule has 0 fully saturated rings. The van der Waals surface area contributed by atoms with Gasteiger partial charge in [-0.3, -0.25) is 4.79 Å². The van der Waals surface area contributed by atoms with Crippen LogP contribution in [0.1, 0.15) is 41.0 Å². The van der Waals surface area contributed by atoms with Gasteiger partial charge in [-0.05, 0) is 46.6 Å². The van der Waals surface area contributed by atoms with Gasteiger partial charge < -0.3 is 9.47 Å². The molecular formula is C15H21NO5. The van der Waals surface area contributed by atoms with Crippen molar-refractivity contribution in [3.05, 3.63) is 17.4 Å². The molecule has 1 aliphatic heterocycles. The predicted octanol–water partition coefficient (Wildman–Crippen LogP) is 2.22. The van der Waals surface area contributed by atoms with Gasteiger partial charge in [0.1, 0.15) is 11.5 Å². The SMILES string of the molecule is CCOC1=C(C)CC(C=C=O)N(C(=O)OC(C)(C)C)C1=O. The summed E-state index contributed by atoms with van der Waals surface area (Å²) in [7, 11) is 0. The molecule has 0 aromatic rings. The quantitative estimate of drug-likeness (QED) is 0.746. The van der Waals surface area contributed by atoms with Gasteiger partial charge in [0, 0.05) is 6.08 Å². The zero-order valence-corrected chi connectivity index (χ0v) is 13.1. The summed E-state index contributed by atoms with van der Waals surface area (Å²) in [4.78, 5) is 36.2. The first-order chi connectivity index (χ1) is 9.71. The first-order valence-electron chi connectivity index (χ1n) is 6.81. The van der Waals surface area contributed by atoms with Crippen molar-refractivity contribution < 1.29 is 23.9 Å². The summed E-state index contributed by atoms with van der Waals surface area (Å²) in [5.41, 5.74) is -0.0485. The molecule has 0 saturated heterocycles. The van der Waals surface area contributed by atoms with E-state index in [4.69, 9.17) is 9.47 Å². The second-order valence-corrected chi connectivity index (χ2v) is 5.75. The van der Waals surface area contributed by atoms with Crippen LogP contribution in [0.15, 0.2) is 17.4 Å². The van der Waals surface area contributed by atoms with Crippen LogP contribution >= 0.6 is 0 Å². The van der Waals surface area contributed by atoms with E-state index < -0.39 is 23.6 Å². The summed E-state index contributed by atoms with van der Waals surface area (Å²) in [5.74, 6) is 1.18. The maximum absolute atomic E-state index is 12.4. The van der Waals surface area contributed by atoms with Crippen LogP contribution in [0.2, 0.25) is 0 Å². The van der Waals surface area contributed by atoms with Crippen LogP contribution in [0, 0.1) is 0 Å². The molecule has 21 heavy (non-hydrogen) atoms. The molecule has 116 valence electrons. The van der Waals surface area contributed by atoms with Crippen LogP contribution in [0.5, 0.6) is 0 Å². The second-order valence-electron chi connectivity index (χ2n) is 5.75. The minimum atomic E-state index is -0.797. The molecule has 1 unspecified atom stereocenters. The average Bonchev–Trinajstić information content (AvgIpc) is 2.32. The van der Waals surface area contributed by atoms with Crippen LogP contribution in [0.4, 0.5) is 4.79 Å². The summed E-state index contributed by atoms with van der Waals surface area (Å²) < 4.78 is 10.5. The molecular weight excluding hydrogens is 274 g/mol. The van der Waals surface area contributed by atoms with Crippen LogP contribution < -0.4 is 0 Å². The molecule has 0 spiro atoms. The number of hydrogen-bond donors (Lipinski definition) is 0. The number of imide groups is 1. The first-order valence-corrected chi connectivity index (χ1v) is 6.81. The summed E-state index contributed by atoms with van der Waals surface area (Å²) in [5, 5.41) is 0. The Bertz CT molecular complexity index is 509. The Labute approximate surface area is 124 Å². The van der Waals surface area contributed by atoms with Crippen LogP contribution in [-0.4, -0.2) is 41.1 Å². The molecule has 6 nitrogen and oxygen atoms in total. The Hall–Kier alpha value is -2.07. The number of nitrogens with zero attached hydrogens (tertiary/aromatic N) is 1. The third-order valence-corrected chi connectivity index (χ3v) is 2.79. The van der Waals surface area contributed by atoms with Gasteiger partial charge in [0.05, 0.1) is 12.6 Å². The lowest BCUT2D eigenvalue weighted by atomic mass is 10.00. The van der Waals surface area contributed by atoms with Gasteiger partial charge in [0.2, 0.25) is 0 Å². The van der Waals surface area contributed by atoms with Crippen molar-refractivity contribution in [3.63, 3.8) is 0 Å². The standard InChI is InChI=1S/C15H21NO5/c1-6-20-12-10(2)9-11(7-8-17)16(13(12)18)14(19)21-15(3,4)5/h7,11H,6,9H2,1-5H3. The normalized spacial score (nSPS) is 19.2. The highest BCUT2D eigenvalue weighted by Gasteiger charge is 2.39. The van der Waals surface area contributed by atoms with E-state index in [1.165, 1.54) is 0 Å². The monoisotopic (exact) mass is 295 g/mol. The smallest absolute Gasteiger partial charge is 0.418 e. The number of amides is 2. The van der Waals surface area contributed by atoms with Gasteiger partial charge in [0.15, 0.2) is 5.76 Å². The van der Waals surface area contributed by atoms with Gasteiger partial charge in [-0.15, -0.1) is 0 Å².